The zero-order valence-electron chi connectivity index (χ0n) is 11.5. The minimum atomic E-state index is -0.610. The maximum atomic E-state index is 11.0. The van der Waals surface area contributed by atoms with Gasteiger partial charge < -0.3 is 14.8 Å². The van der Waals surface area contributed by atoms with E-state index in [0.717, 1.165) is 0 Å². The minimum Gasteiger partial charge on any atom is -0.362 e. The SMILES string of the molecule is Cc1nc(NCC2COC(C)(C)O2)c([N+](=O)[O-])cc1Br. The summed E-state index contributed by atoms with van der Waals surface area (Å²) in [5.41, 5.74) is 0.614. The molecule has 0 aromatic carbocycles. The van der Waals surface area contributed by atoms with Crippen LogP contribution in [0, 0.1) is 17.0 Å². The lowest BCUT2D eigenvalue weighted by atomic mass is 10.3. The van der Waals surface area contributed by atoms with E-state index < -0.39 is 10.7 Å². The van der Waals surface area contributed by atoms with E-state index in [-0.39, 0.29) is 17.6 Å². The molecule has 0 bridgehead atoms. The summed E-state index contributed by atoms with van der Waals surface area (Å²) in [4.78, 5) is 14.8. The van der Waals surface area contributed by atoms with E-state index in [9.17, 15) is 10.1 Å². The molecule has 1 saturated heterocycles. The Morgan fingerprint density at radius 1 is 1.65 bits per heavy atom. The number of halogens is 1. The van der Waals surface area contributed by atoms with Crippen molar-refractivity contribution in [2.24, 2.45) is 0 Å². The lowest BCUT2D eigenvalue weighted by Crippen LogP contribution is -2.26. The molecule has 1 atom stereocenters. The summed E-state index contributed by atoms with van der Waals surface area (Å²) in [5, 5.41) is 14.0. The summed E-state index contributed by atoms with van der Waals surface area (Å²) < 4.78 is 11.7. The van der Waals surface area contributed by atoms with Crippen LogP contribution >= 0.6 is 15.9 Å². The van der Waals surface area contributed by atoms with Crippen LogP contribution < -0.4 is 5.32 Å². The summed E-state index contributed by atoms with van der Waals surface area (Å²) in [7, 11) is 0. The van der Waals surface area contributed by atoms with Gasteiger partial charge in [-0.3, -0.25) is 10.1 Å². The first kappa shape index (κ1) is 15.1. The van der Waals surface area contributed by atoms with Crippen LogP contribution in [-0.4, -0.2) is 35.0 Å². The van der Waals surface area contributed by atoms with E-state index in [2.05, 4.69) is 26.2 Å². The van der Waals surface area contributed by atoms with Gasteiger partial charge in [-0.15, -0.1) is 0 Å². The van der Waals surface area contributed by atoms with Crippen LogP contribution in [-0.2, 0) is 9.47 Å². The van der Waals surface area contributed by atoms with Gasteiger partial charge in [0.15, 0.2) is 5.79 Å². The van der Waals surface area contributed by atoms with Crippen molar-refractivity contribution in [2.75, 3.05) is 18.5 Å². The zero-order chi connectivity index (χ0) is 14.9. The number of rotatable bonds is 4. The fourth-order valence-corrected chi connectivity index (χ4v) is 2.22. The molecule has 1 fully saturated rings. The van der Waals surface area contributed by atoms with Gasteiger partial charge in [-0.25, -0.2) is 4.98 Å². The predicted octanol–water partition coefficient (Wildman–Crippen LogP) is 2.62. The van der Waals surface area contributed by atoms with Gasteiger partial charge >= 0.3 is 5.69 Å². The average Bonchev–Trinajstić information content (AvgIpc) is 2.69. The molecule has 1 aliphatic rings. The van der Waals surface area contributed by atoms with Gasteiger partial charge in [-0.1, -0.05) is 0 Å². The van der Waals surface area contributed by atoms with Gasteiger partial charge in [0.25, 0.3) is 0 Å². The molecule has 110 valence electrons. The van der Waals surface area contributed by atoms with Crippen LogP contribution in [0.15, 0.2) is 10.5 Å². The van der Waals surface area contributed by atoms with E-state index in [0.29, 0.717) is 23.3 Å². The number of hydrogen-bond donors (Lipinski definition) is 1. The summed E-state index contributed by atoms with van der Waals surface area (Å²) >= 11 is 3.24. The lowest BCUT2D eigenvalue weighted by Gasteiger charge is -2.17. The molecule has 1 aromatic rings. The number of aryl methyl sites for hydroxylation is 1. The second kappa shape index (κ2) is 5.63. The number of ether oxygens (including phenoxy) is 2. The molecule has 1 aliphatic heterocycles. The third-order valence-electron chi connectivity index (χ3n) is 2.89. The monoisotopic (exact) mass is 345 g/mol. The lowest BCUT2D eigenvalue weighted by molar-refractivity contribution is -0.384. The zero-order valence-corrected chi connectivity index (χ0v) is 13.1. The van der Waals surface area contributed by atoms with Crippen LogP contribution in [0.5, 0.6) is 0 Å². The molecule has 0 radical (unpaired) electrons. The first-order valence-corrected chi connectivity index (χ1v) is 6.95. The van der Waals surface area contributed by atoms with Gasteiger partial charge in [0.05, 0.1) is 17.2 Å². The Labute approximate surface area is 124 Å². The molecule has 1 aromatic heterocycles. The standard InChI is InChI=1S/C12H16BrN3O4/c1-7-9(13)4-10(16(17)18)11(15-7)14-5-8-6-19-12(2,3)20-8/h4,8H,5-6H2,1-3H3,(H,14,15). The number of nitro groups is 1. The maximum absolute atomic E-state index is 11.0. The molecule has 20 heavy (non-hydrogen) atoms. The number of pyridine rings is 1. The van der Waals surface area contributed by atoms with Crippen molar-refractivity contribution in [1.29, 1.82) is 0 Å². The van der Waals surface area contributed by atoms with Crippen molar-refractivity contribution < 1.29 is 14.4 Å². The third-order valence-corrected chi connectivity index (χ3v) is 3.70. The van der Waals surface area contributed by atoms with E-state index in [1.807, 2.05) is 13.8 Å². The van der Waals surface area contributed by atoms with E-state index in [1.54, 1.807) is 6.92 Å². The summed E-state index contributed by atoms with van der Waals surface area (Å²) in [6.45, 7) is 6.29. The summed E-state index contributed by atoms with van der Waals surface area (Å²) in [6.07, 6.45) is -0.157. The van der Waals surface area contributed by atoms with Crippen molar-refractivity contribution in [3.05, 3.63) is 26.3 Å². The number of nitrogens with one attached hydrogen (secondary N) is 1. The number of hydrogen-bond acceptors (Lipinski definition) is 6. The second-order valence-corrected chi connectivity index (χ2v) is 5.87. The third kappa shape index (κ3) is 3.44. The second-order valence-electron chi connectivity index (χ2n) is 5.01. The highest BCUT2D eigenvalue weighted by molar-refractivity contribution is 9.10. The molecule has 1 unspecified atom stereocenters. The predicted molar refractivity (Wildman–Crippen MR) is 76.7 cm³/mol. The van der Waals surface area contributed by atoms with Crippen LogP contribution in [0.1, 0.15) is 19.5 Å². The van der Waals surface area contributed by atoms with Crippen molar-refractivity contribution >= 4 is 27.4 Å². The largest absolute Gasteiger partial charge is 0.362 e. The number of anilines is 1. The molecule has 0 saturated carbocycles. The number of nitrogens with zero attached hydrogens (tertiary/aromatic N) is 2. The summed E-state index contributed by atoms with van der Waals surface area (Å²) in [5.74, 6) is -0.370. The van der Waals surface area contributed by atoms with Crippen molar-refractivity contribution in [1.82, 2.24) is 4.98 Å². The van der Waals surface area contributed by atoms with Gasteiger partial charge in [-0.05, 0) is 36.7 Å². The Hall–Kier alpha value is -1.25. The quantitative estimate of drug-likeness (QED) is 0.666. The molecule has 1 N–H and O–H groups in total. The van der Waals surface area contributed by atoms with Gasteiger partial charge in [-0.2, -0.15) is 0 Å². The van der Waals surface area contributed by atoms with Crippen LogP contribution in [0.4, 0.5) is 11.5 Å². The fraction of sp³-hybridized carbons (Fsp3) is 0.583. The fourth-order valence-electron chi connectivity index (χ4n) is 1.91. The smallest absolute Gasteiger partial charge is 0.312 e. The van der Waals surface area contributed by atoms with Gasteiger partial charge in [0.1, 0.15) is 6.10 Å². The van der Waals surface area contributed by atoms with Crippen molar-refractivity contribution in [3.63, 3.8) is 0 Å². The molecular formula is C12H16BrN3O4. The van der Waals surface area contributed by atoms with Gasteiger partial charge in [0, 0.05) is 17.1 Å². The van der Waals surface area contributed by atoms with Crippen molar-refractivity contribution in [3.8, 4) is 0 Å². The molecule has 7 nitrogen and oxygen atoms in total. The Morgan fingerprint density at radius 3 is 2.90 bits per heavy atom. The molecular weight excluding hydrogens is 330 g/mol. The Morgan fingerprint density at radius 2 is 2.35 bits per heavy atom. The molecule has 0 aliphatic carbocycles. The maximum Gasteiger partial charge on any atom is 0.312 e. The molecule has 2 heterocycles. The Balaban J connectivity index is 2.09. The molecule has 0 spiro atoms. The molecule has 2 rings (SSSR count). The Kier molecular flexibility index (Phi) is 4.26. The minimum absolute atomic E-state index is 0.0688. The summed E-state index contributed by atoms with van der Waals surface area (Å²) in [6, 6.07) is 1.45. The first-order valence-electron chi connectivity index (χ1n) is 6.15. The topological polar surface area (TPSA) is 86.5 Å². The highest BCUT2D eigenvalue weighted by Gasteiger charge is 2.32. The van der Waals surface area contributed by atoms with Crippen LogP contribution in [0.3, 0.4) is 0 Å². The Bertz CT molecular complexity index is 536. The first-order chi connectivity index (χ1) is 9.28. The molecule has 8 heteroatoms. The average molecular weight is 346 g/mol. The van der Waals surface area contributed by atoms with Gasteiger partial charge in [0.2, 0.25) is 5.82 Å². The van der Waals surface area contributed by atoms with E-state index in [1.165, 1.54) is 6.07 Å². The highest BCUT2D eigenvalue weighted by atomic mass is 79.9. The highest BCUT2D eigenvalue weighted by Crippen LogP contribution is 2.29. The van der Waals surface area contributed by atoms with Crippen molar-refractivity contribution in [2.45, 2.75) is 32.7 Å². The normalized spacial score (nSPS) is 20.9. The molecule has 0 amide bonds. The number of aromatic nitrogens is 1. The van der Waals surface area contributed by atoms with Crippen LogP contribution in [0.2, 0.25) is 0 Å². The van der Waals surface area contributed by atoms with Crippen LogP contribution in [0.25, 0.3) is 0 Å². The van der Waals surface area contributed by atoms with E-state index >= 15 is 0 Å². The van der Waals surface area contributed by atoms with E-state index in [4.69, 9.17) is 9.47 Å².